The summed E-state index contributed by atoms with van der Waals surface area (Å²) in [6.07, 6.45) is 0.829. The first-order valence-electron chi connectivity index (χ1n) is 10.8. The SMILES string of the molecule is CCCOc1cccc(/C(O)=C2\C(=O)C(=O)N(c3ccccc3O)C2c2ccccc2C)c1. The van der Waals surface area contributed by atoms with Crippen molar-refractivity contribution in [2.45, 2.75) is 26.3 Å². The molecule has 6 heteroatoms. The number of hydrogen-bond acceptors (Lipinski definition) is 5. The lowest BCUT2D eigenvalue weighted by molar-refractivity contribution is -0.132. The van der Waals surface area contributed by atoms with Crippen LogP contribution < -0.4 is 9.64 Å². The van der Waals surface area contributed by atoms with Crippen LogP contribution in [-0.2, 0) is 9.59 Å². The van der Waals surface area contributed by atoms with Gasteiger partial charge in [-0.15, -0.1) is 0 Å². The average Bonchev–Trinajstić information content (AvgIpc) is 3.08. The van der Waals surface area contributed by atoms with Gasteiger partial charge in [0.1, 0.15) is 17.3 Å². The van der Waals surface area contributed by atoms with Crippen LogP contribution in [0.4, 0.5) is 5.69 Å². The minimum Gasteiger partial charge on any atom is -0.507 e. The van der Waals surface area contributed by atoms with E-state index in [1.807, 2.05) is 38.1 Å². The van der Waals surface area contributed by atoms with Gasteiger partial charge < -0.3 is 14.9 Å². The molecule has 2 N–H and O–H groups in total. The van der Waals surface area contributed by atoms with Gasteiger partial charge in [-0.25, -0.2) is 0 Å². The zero-order valence-corrected chi connectivity index (χ0v) is 18.5. The minimum atomic E-state index is -0.903. The van der Waals surface area contributed by atoms with E-state index in [1.54, 1.807) is 42.5 Å². The smallest absolute Gasteiger partial charge is 0.300 e. The third kappa shape index (κ3) is 4.07. The zero-order chi connectivity index (χ0) is 23.5. The summed E-state index contributed by atoms with van der Waals surface area (Å²) >= 11 is 0. The maximum Gasteiger partial charge on any atom is 0.300 e. The molecule has 4 rings (SSSR count). The number of anilines is 1. The number of Topliss-reactive ketones (excluding diaryl/α,β-unsaturated/α-hetero) is 1. The second kappa shape index (κ2) is 9.20. The number of rotatable bonds is 6. The predicted octanol–water partition coefficient (Wildman–Crippen LogP) is 5.12. The highest BCUT2D eigenvalue weighted by molar-refractivity contribution is 6.52. The molecular weight excluding hydrogens is 418 g/mol. The van der Waals surface area contributed by atoms with Crippen molar-refractivity contribution < 1.29 is 24.5 Å². The van der Waals surface area contributed by atoms with E-state index >= 15 is 0 Å². The Labute approximate surface area is 192 Å². The Morgan fingerprint density at radius 1 is 1.00 bits per heavy atom. The Morgan fingerprint density at radius 2 is 1.73 bits per heavy atom. The first kappa shape index (κ1) is 22.1. The van der Waals surface area contributed by atoms with Gasteiger partial charge >= 0.3 is 0 Å². The molecule has 3 aromatic carbocycles. The molecule has 0 aromatic heterocycles. The van der Waals surface area contributed by atoms with Crippen molar-refractivity contribution in [2.75, 3.05) is 11.5 Å². The van der Waals surface area contributed by atoms with Crippen LogP contribution in [0.3, 0.4) is 0 Å². The summed E-state index contributed by atoms with van der Waals surface area (Å²) in [5.74, 6) is -1.49. The molecule has 0 saturated carbocycles. The van der Waals surface area contributed by atoms with E-state index < -0.39 is 17.7 Å². The van der Waals surface area contributed by atoms with Crippen LogP contribution in [-0.4, -0.2) is 28.5 Å². The maximum atomic E-state index is 13.2. The molecule has 6 nitrogen and oxygen atoms in total. The maximum absolute atomic E-state index is 13.2. The van der Waals surface area contributed by atoms with E-state index in [2.05, 4.69) is 0 Å². The molecule has 1 unspecified atom stereocenters. The third-order valence-electron chi connectivity index (χ3n) is 5.65. The van der Waals surface area contributed by atoms with Crippen LogP contribution in [0, 0.1) is 6.92 Å². The fourth-order valence-corrected chi connectivity index (χ4v) is 4.05. The average molecular weight is 443 g/mol. The second-order valence-corrected chi connectivity index (χ2v) is 7.89. The second-order valence-electron chi connectivity index (χ2n) is 7.89. The molecule has 1 saturated heterocycles. The summed E-state index contributed by atoms with van der Waals surface area (Å²) in [4.78, 5) is 27.7. The number of aryl methyl sites for hydroxylation is 1. The van der Waals surface area contributed by atoms with Crippen molar-refractivity contribution in [3.8, 4) is 11.5 Å². The van der Waals surface area contributed by atoms with Crippen molar-refractivity contribution >= 4 is 23.1 Å². The predicted molar refractivity (Wildman–Crippen MR) is 126 cm³/mol. The highest BCUT2D eigenvalue weighted by Gasteiger charge is 2.48. The van der Waals surface area contributed by atoms with Gasteiger partial charge in [0.2, 0.25) is 0 Å². The Bertz CT molecular complexity index is 1250. The quantitative estimate of drug-likeness (QED) is 0.314. The van der Waals surface area contributed by atoms with E-state index in [0.717, 1.165) is 12.0 Å². The number of para-hydroxylation sites is 2. The number of aliphatic hydroxyl groups is 1. The van der Waals surface area contributed by atoms with Crippen LogP contribution in [0.15, 0.2) is 78.4 Å². The Hall–Kier alpha value is -4.06. The molecule has 1 heterocycles. The summed E-state index contributed by atoms with van der Waals surface area (Å²) in [6.45, 7) is 4.39. The van der Waals surface area contributed by atoms with Crippen molar-refractivity contribution in [3.63, 3.8) is 0 Å². The number of ether oxygens (including phenoxy) is 1. The number of phenolic OH excluding ortho intramolecular Hbond substituents is 1. The summed E-state index contributed by atoms with van der Waals surface area (Å²) in [5.41, 5.74) is 2.06. The first-order chi connectivity index (χ1) is 15.9. The van der Waals surface area contributed by atoms with Gasteiger partial charge in [-0.2, -0.15) is 0 Å². The third-order valence-corrected chi connectivity index (χ3v) is 5.65. The fourth-order valence-electron chi connectivity index (χ4n) is 4.05. The van der Waals surface area contributed by atoms with E-state index in [9.17, 15) is 19.8 Å². The number of hydrogen-bond donors (Lipinski definition) is 2. The normalized spacial score (nSPS) is 17.4. The molecule has 1 fully saturated rings. The van der Waals surface area contributed by atoms with Gasteiger partial charge in [0.25, 0.3) is 11.7 Å². The lowest BCUT2D eigenvalue weighted by atomic mass is 9.92. The van der Waals surface area contributed by atoms with E-state index in [4.69, 9.17) is 4.74 Å². The number of aromatic hydroxyl groups is 1. The molecular formula is C27H25NO5. The topological polar surface area (TPSA) is 87.1 Å². The van der Waals surface area contributed by atoms with E-state index in [1.165, 1.54) is 11.0 Å². The first-order valence-corrected chi connectivity index (χ1v) is 10.8. The van der Waals surface area contributed by atoms with Gasteiger partial charge in [-0.1, -0.05) is 55.5 Å². The highest BCUT2D eigenvalue weighted by Crippen LogP contribution is 2.45. The molecule has 33 heavy (non-hydrogen) atoms. The van der Waals surface area contributed by atoms with Gasteiger partial charge in [-0.05, 0) is 48.7 Å². The van der Waals surface area contributed by atoms with E-state index in [-0.39, 0.29) is 22.8 Å². The number of ketones is 1. The molecule has 0 bridgehead atoms. The monoisotopic (exact) mass is 443 g/mol. The summed E-state index contributed by atoms with van der Waals surface area (Å²) < 4.78 is 5.66. The van der Waals surface area contributed by atoms with Crippen LogP contribution in [0.25, 0.3) is 5.76 Å². The fraction of sp³-hybridized carbons (Fsp3) is 0.185. The van der Waals surface area contributed by atoms with Crippen molar-refractivity contribution in [3.05, 3.63) is 95.1 Å². The van der Waals surface area contributed by atoms with E-state index in [0.29, 0.717) is 23.5 Å². The van der Waals surface area contributed by atoms with Gasteiger partial charge in [0.15, 0.2) is 0 Å². The molecule has 0 radical (unpaired) electrons. The number of amides is 1. The van der Waals surface area contributed by atoms with Gasteiger partial charge in [0.05, 0.1) is 23.9 Å². The standard InChI is InChI=1S/C27H25NO5/c1-3-15-33-19-11-8-10-18(16-19)25(30)23-24(20-12-5-4-9-17(20)2)28(27(32)26(23)31)21-13-6-7-14-22(21)29/h4-14,16,24,29-30H,3,15H2,1-2H3/b25-23+. The summed E-state index contributed by atoms with van der Waals surface area (Å²) in [5, 5.41) is 21.7. The van der Waals surface area contributed by atoms with Crippen molar-refractivity contribution in [1.82, 2.24) is 0 Å². The zero-order valence-electron chi connectivity index (χ0n) is 18.5. The molecule has 1 atom stereocenters. The molecule has 168 valence electrons. The number of phenols is 1. The van der Waals surface area contributed by atoms with Crippen LogP contribution in [0.5, 0.6) is 11.5 Å². The molecule has 1 aliphatic heterocycles. The Balaban J connectivity index is 1.93. The van der Waals surface area contributed by atoms with Crippen LogP contribution in [0.1, 0.15) is 36.1 Å². The Kier molecular flexibility index (Phi) is 6.18. The highest BCUT2D eigenvalue weighted by atomic mass is 16.5. The Morgan fingerprint density at radius 3 is 2.45 bits per heavy atom. The number of carbonyl (C=O) groups is 2. The number of benzene rings is 3. The summed E-state index contributed by atoms with van der Waals surface area (Å²) in [6, 6.07) is 19.6. The van der Waals surface area contributed by atoms with Crippen LogP contribution >= 0.6 is 0 Å². The number of nitrogens with zero attached hydrogens (tertiary/aromatic N) is 1. The lowest BCUT2D eigenvalue weighted by Gasteiger charge is -2.27. The number of aliphatic hydroxyl groups excluding tert-OH is 1. The lowest BCUT2D eigenvalue weighted by Crippen LogP contribution is -2.29. The number of carbonyl (C=O) groups excluding carboxylic acids is 2. The molecule has 3 aromatic rings. The molecule has 1 aliphatic rings. The largest absolute Gasteiger partial charge is 0.507 e. The molecule has 0 spiro atoms. The summed E-state index contributed by atoms with van der Waals surface area (Å²) in [7, 11) is 0. The van der Waals surface area contributed by atoms with Crippen molar-refractivity contribution in [1.29, 1.82) is 0 Å². The minimum absolute atomic E-state index is 0.0369. The van der Waals surface area contributed by atoms with Crippen LogP contribution in [0.2, 0.25) is 0 Å². The molecule has 1 amide bonds. The van der Waals surface area contributed by atoms with Gasteiger partial charge in [0, 0.05) is 5.56 Å². The van der Waals surface area contributed by atoms with Gasteiger partial charge in [-0.3, -0.25) is 14.5 Å². The van der Waals surface area contributed by atoms with Crippen molar-refractivity contribution in [2.24, 2.45) is 0 Å². The molecule has 0 aliphatic carbocycles.